The summed E-state index contributed by atoms with van der Waals surface area (Å²) in [6.45, 7) is 3.36. The van der Waals surface area contributed by atoms with Crippen molar-refractivity contribution in [3.8, 4) is 0 Å². The molecule has 1 heterocycles. The minimum absolute atomic E-state index is 0.112. The predicted octanol–water partition coefficient (Wildman–Crippen LogP) is 1.58. The SMILES string of the molecule is CB(O)N1CCC(Nc2ccccc2[N+](=O)[O-])CC1. The molecule has 2 N–H and O–H groups in total. The Kier molecular flexibility index (Phi) is 4.39. The Hall–Kier alpha value is -1.60. The van der Waals surface area contributed by atoms with Gasteiger partial charge in [0.1, 0.15) is 5.69 Å². The highest BCUT2D eigenvalue weighted by Crippen LogP contribution is 2.26. The summed E-state index contributed by atoms with van der Waals surface area (Å²) in [5.74, 6) is 0. The van der Waals surface area contributed by atoms with Gasteiger partial charge in [0.2, 0.25) is 0 Å². The van der Waals surface area contributed by atoms with E-state index in [0.717, 1.165) is 25.9 Å². The smallest absolute Gasteiger partial charge is 0.376 e. The molecule has 2 rings (SSSR count). The van der Waals surface area contributed by atoms with Gasteiger partial charge in [0.25, 0.3) is 5.69 Å². The molecule has 0 atom stereocenters. The molecule has 0 unspecified atom stereocenters. The third-order valence-corrected chi connectivity index (χ3v) is 3.52. The number of rotatable bonds is 4. The number of hydrogen-bond acceptors (Lipinski definition) is 5. The van der Waals surface area contributed by atoms with Crippen LogP contribution in [0.4, 0.5) is 11.4 Å². The molecule has 7 heteroatoms. The molecule has 6 nitrogen and oxygen atoms in total. The maximum atomic E-state index is 10.9. The second-order valence-corrected chi connectivity index (χ2v) is 4.86. The molecule has 0 aliphatic carbocycles. The van der Waals surface area contributed by atoms with Gasteiger partial charge in [-0.3, -0.25) is 10.1 Å². The number of nitro groups is 1. The molecule has 0 amide bonds. The topological polar surface area (TPSA) is 78.6 Å². The van der Waals surface area contributed by atoms with Crippen molar-refractivity contribution in [2.75, 3.05) is 18.4 Å². The number of nitrogens with one attached hydrogen (secondary N) is 1. The van der Waals surface area contributed by atoms with E-state index in [4.69, 9.17) is 0 Å². The van der Waals surface area contributed by atoms with Crippen LogP contribution in [0.15, 0.2) is 24.3 Å². The van der Waals surface area contributed by atoms with Crippen molar-refractivity contribution in [2.24, 2.45) is 0 Å². The maximum Gasteiger partial charge on any atom is 0.376 e. The molecule has 1 fully saturated rings. The van der Waals surface area contributed by atoms with E-state index in [2.05, 4.69) is 5.32 Å². The fourth-order valence-corrected chi connectivity index (χ4v) is 2.39. The fourth-order valence-electron chi connectivity index (χ4n) is 2.39. The Morgan fingerprint density at radius 3 is 2.63 bits per heavy atom. The second kappa shape index (κ2) is 6.03. The molecule has 102 valence electrons. The fraction of sp³-hybridized carbons (Fsp3) is 0.500. The molecule has 1 aromatic carbocycles. The lowest BCUT2D eigenvalue weighted by atomic mass is 9.82. The predicted molar refractivity (Wildman–Crippen MR) is 75.2 cm³/mol. The van der Waals surface area contributed by atoms with Gasteiger partial charge >= 0.3 is 7.05 Å². The third kappa shape index (κ3) is 3.45. The molecule has 1 aliphatic heterocycles. The highest BCUT2D eigenvalue weighted by molar-refractivity contribution is 6.45. The summed E-state index contributed by atoms with van der Waals surface area (Å²) in [6, 6.07) is 6.92. The molecular weight excluding hydrogens is 245 g/mol. The summed E-state index contributed by atoms with van der Waals surface area (Å²) in [5.41, 5.74) is 0.684. The van der Waals surface area contributed by atoms with Gasteiger partial charge in [0, 0.05) is 12.1 Å². The average Bonchev–Trinajstić information content (AvgIpc) is 2.39. The second-order valence-electron chi connectivity index (χ2n) is 4.86. The Morgan fingerprint density at radius 1 is 1.42 bits per heavy atom. The number of hydrogen-bond donors (Lipinski definition) is 2. The Labute approximate surface area is 112 Å². The molecule has 0 aromatic heterocycles. The highest BCUT2D eigenvalue weighted by Gasteiger charge is 2.25. The van der Waals surface area contributed by atoms with Crippen LogP contribution in [0.5, 0.6) is 0 Å². The minimum atomic E-state index is -0.424. The highest BCUT2D eigenvalue weighted by atomic mass is 16.6. The van der Waals surface area contributed by atoms with Crippen LogP contribution in [-0.2, 0) is 0 Å². The standard InChI is InChI=1S/C12H18BN3O3/c1-13(17)15-8-6-10(7-9-15)14-11-4-2-3-5-12(11)16(18)19/h2-5,10,14,17H,6-9H2,1H3. The van der Waals surface area contributed by atoms with Crippen LogP contribution in [0.25, 0.3) is 0 Å². The van der Waals surface area contributed by atoms with Crippen LogP contribution in [0.1, 0.15) is 12.8 Å². The zero-order valence-corrected chi connectivity index (χ0v) is 11.0. The van der Waals surface area contributed by atoms with E-state index in [9.17, 15) is 15.1 Å². The van der Waals surface area contributed by atoms with Crippen LogP contribution in [0, 0.1) is 10.1 Å². The first kappa shape index (κ1) is 13.8. The molecule has 0 bridgehead atoms. The lowest BCUT2D eigenvalue weighted by Gasteiger charge is -2.33. The summed E-state index contributed by atoms with van der Waals surface area (Å²) in [4.78, 5) is 12.6. The summed E-state index contributed by atoms with van der Waals surface area (Å²) < 4.78 is 0. The van der Waals surface area contributed by atoms with Gasteiger partial charge < -0.3 is 15.2 Å². The van der Waals surface area contributed by atoms with Crippen molar-refractivity contribution in [1.29, 1.82) is 0 Å². The van der Waals surface area contributed by atoms with Crippen molar-refractivity contribution in [1.82, 2.24) is 4.81 Å². The van der Waals surface area contributed by atoms with Crippen LogP contribution in [-0.4, -0.2) is 40.9 Å². The number of nitro benzene ring substituents is 1. The van der Waals surface area contributed by atoms with Gasteiger partial charge in [0.05, 0.1) is 4.92 Å². The zero-order chi connectivity index (χ0) is 13.8. The van der Waals surface area contributed by atoms with Crippen molar-refractivity contribution < 1.29 is 9.95 Å². The third-order valence-electron chi connectivity index (χ3n) is 3.52. The van der Waals surface area contributed by atoms with Crippen molar-refractivity contribution in [3.05, 3.63) is 34.4 Å². The first-order valence-electron chi connectivity index (χ1n) is 6.50. The van der Waals surface area contributed by atoms with Crippen LogP contribution in [0.2, 0.25) is 6.82 Å². The first-order valence-corrected chi connectivity index (χ1v) is 6.50. The van der Waals surface area contributed by atoms with E-state index in [-0.39, 0.29) is 16.7 Å². The molecule has 19 heavy (non-hydrogen) atoms. The molecule has 0 spiro atoms. The van der Waals surface area contributed by atoms with Crippen LogP contribution < -0.4 is 5.32 Å². The summed E-state index contributed by atoms with van der Waals surface area (Å²) in [7, 11) is -0.424. The van der Waals surface area contributed by atoms with E-state index in [1.165, 1.54) is 6.07 Å². The summed E-state index contributed by atoms with van der Waals surface area (Å²) >= 11 is 0. The number of para-hydroxylation sites is 2. The van der Waals surface area contributed by atoms with Gasteiger partial charge in [-0.1, -0.05) is 12.1 Å². The van der Waals surface area contributed by atoms with E-state index >= 15 is 0 Å². The molecule has 0 saturated carbocycles. The lowest BCUT2D eigenvalue weighted by Crippen LogP contribution is -2.45. The first-order chi connectivity index (χ1) is 9.08. The van der Waals surface area contributed by atoms with E-state index in [1.54, 1.807) is 25.0 Å². The Morgan fingerprint density at radius 2 is 2.05 bits per heavy atom. The monoisotopic (exact) mass is 263 g/mol. The van der Waals surface area contributed by atoms with Crippen molar-refractivity contribution in [2.45, 2.75) is 25.7 Å². The number of nitrogens with zero attached hydrogens (tertiary/aromatic N) is 2. The number of anilines is 1. The average molecular weight is 263 g/mol. The maximum absolute atomic E-state index is 10.9. The molecular formula is C12H18BN3O3. The summed E-state index contributed by atoms with van der Waals surface area (Å²) in [6.07, 6.45) is 1.74. The van der Waals surface area contributed by atoms with Gasteiger partial charge in [-0.05, 0) is 38.8 Å². The Balaban J connectivity index is 1.98. The minimum Gasteiger partial charge on any atom is -0.437 e. The molecule has 0 radical (unpaired) electrons. The van der Waals surface area contributed by atoms with Crippen molar-refractivity contribution >= 4 is 18.4 Å². The molecule has 1 aliphatic rings. The quantitative estimate of drug-likeness (QED) is 0.490. The van der Waals surface area contributed by atoms with Gasteiger partial charge in [0.15, 0.2) is 0 Å². The number of piperidine rings is 1. The lowest BCUT2D eigenvalue weighted by molar-refractivity contribution is -0.384. The molecule has 1 aromatic rings. The van der Waals surface area contributed by atoms with E-state index in [1.807, 2.05) is 4.81 Å². The number of benzene rings is 1. The van der Waals surface area contributed by atoms with Crippen LogP contribution in [0.3, 0.4) is 0 Å². The Bertz CT molecular complexity index is 448. The van der Waals surface area contributed by atoms with Crippen LogP contribution >= 0.6 is 0 Å². The molecule has 1 saturated heterocycles. The van der Waals surface area contributed by atoms with Gasteiger partial charge in [-0.15, -0.1) is 0 Å². The normalized spacial score (nSPS) is 17.2. The van der Waals surface area contributed by atoms with Gasteiger partial charge in [-0.2, -0.15) is 0 Å². The zero-order valence-electron chi connectivity index (χ0n) is 11.0. The van der Waals surface area contributed by atoms with Gasteiger partial charge in [-0.25, -0.2) is 0 Å². The van der Waals surface area contributed by atoms with Crippen molar-refractivity contribution in [3.63, 3.8) is 0 Å². The van der Waals surface area contributed by atoms with E-state index < -0.39 is 7.05 Å². The largest absolute Gasteiger partial charge is 0.437 e. The van der Waals surface area contributed by atoms with E-state index in [0.29, 0.717) is 5.69 Å². The summed E-state index contributed by atoms with van der Waals surface area (Å²) in [5, 5.41) is 23.7.